The van der Waals surface area contributed by atoms with Crippen molar-refractivity contribution in [2.24, 2.45) is 0 Å². The summed E-state index contributed by atoms with van der Waals surface area (Å²) in [7, 11) is 0. The normalized spacial score (nSPS) is 16.7. The van der Waals surface area contributed by atoms with Crippen molar-refractivity contribution in [2.45, 2.75) is 12.5 Å². The van der Waals surface area contributed by atoms with Gasteiger partial charge < -0.3 is 9.47 Å². The molecule has 0 N–H and O–H groups in total. The molecule has 2 aromatic carbocycles. The molecule has 0 amide bonds. The largest absolute Gasteiger partial charge is 0.458 e. The Kier molecular flexibility index (Phi) is 5.87. The van der Waals surface area contributed by atoms with Crippen LogP contribution < -0.4 is 0 Å². The molecule has 0 fully saturated rings. The Morgan fingerprint density at radius 1 is 1.08 bits per heavy atom. The zero-order chi connectivity index (χ0) is 18.7. The summed E-state index contributed by atoms with van der Waals surface area (Å²) < 4.78 is 10.6. The van der Waals surface area contributed by atoms with Crippen molar-refractivity contribution in [3.63, 3.8) is 0 Å². The van der Waals surface area contributed by atoms with Gasteiger partial charge in [-0.1, -0.05) is 46.9 Å². The Labute approximate surface area is 165 Å². The highest BCUT2D eigenvalue weighted by molar-refractivity contribution is 6.42. The third-order valence-electron chi connectivity index (χ3n) is 3.79. The molecule has 1 unspecified atom stereocenters. The standard InChI is InChI=1S/C19H13Cl3O4/c20-13-4-1-11(2-5-13)18(23)25-10-14-6-7-15(19(24)26-14)12-3-8-16(21)17(22)9-12/h1-5,7-9,14H,6,10H2. The van der Waals surface area contributed by atoms with Crippen molar-refractivity contribution in [2.75, 3.05) is 6.61 Å². The lowest BCUT2D eigenvalue weighted by atomic mass is 10.0. The van der Waals surface area contributed by atoms with Crippen LogP contribution in [0.5, 0.6) is 0 Å². The number of esters is 2. The number of ether oxygens (including phenoxy) is 2. The van der Waals surface area contributed by atoms with Crippen molar-refractivity contribution in [1.29, 1.82) is 0 Å². The molecule has 1 aliphatic heterocycles. The first-order valence-electron chi connectivity index (χ1n) is 7.73. The fourth-order valence-corrected chi connectivity index (χ4v) is 2.86. The number of carbonyl (C=O) groups is 2. The number of hydrogen-bond donors (Lipinski definition) is 0. The topological polar surface area (TPSA) is 52.6 Å². The van der Waals surface area contributed by atoms with Crippen LogP contribution >= 0.6 is 34.8 Å². The Morgan fingerprint density at radius 2 is 1.81 bits per heavy atom. The maximum absolute atomic E-state index is 12.2. The van der Waals surface area contributed by atoms with E-state index in [0.29, 0.717) is 38.2 Å². The second kappa shape index (κ2) is 8.12. The van der Waals surface area contributed by atoms with Crippen LogP contribution in [-0.4, -0.2) is 24.6 Å². The molecule has 0 saturated carbocycles. The highest BCUT2D eigenvalue weighted by Crippen LogP contribution is 2.29. The Bertz CT molecular complexity index is 875. The summed E-state index contributed by atoms with van der Waals surface area (Å²) in [6, 6.07) is 11.3. The van der Waals surface area contributed by atoms with Gasteiger partial charge in [0, 0.05) is 11.4 Å². The van der Waals surface area contributed by atoms with Gasteiger partial charge in [-0.3, -0.25) is 0 Å². The molecule has 1 atom stereocenters. The third-order valence-corrected chi connectivity index (χ3v) is 4.78. The van der Waals surface area contributed by atoms with Crippen LogP contribution in [0.15, 0.2) is 48.5 Å². The van der Waals surface area contributed by atoms with Crippen LogP contribution in [0.3, 0.4) is 0 Å². The predicted octanol–water partition coefficient (Wildman–Crippen LogP) is 5.20. The number of halogens is 3. The van der Waals surface area contributed by atoms with Gasteiger partial charge in [0.05, 0.1) is 21.2 Å². The highest BCUT2D eigenvalue weighted by atomic mass is 35.5. The molecule has 2 aromatic rings. The fraction of sp³-hybridized carbons (Fsp3) is 0.158. The van der Waals surface area contributed by atoms with E-state index in [-0.39, 0.29) is 6.61 Å². The van der Waals surface area contributed by atoms with Gasteiger partial charge in [0.15, 0.2) is 0 Å². The lowest BCUT2D eigenvalue weighted by molar-refractivity contribution is -0.144. The molecular formula is C19H13Cl3O4. The second-order valence-electron chi connectivity index (χ2n) is 5.62. The van der Waals surface area contributed by atoms with Crippen LogP contribution in [-0.2, 0) is 14.3 Å². The van der Waals surface area contributed by atoms with Gasteiger partial charge in [0.25, 0.3) is 0 Å². The van der Waals surface area contributed by atoms with Crippen LogP contribution in [0, 0.1) is 0 Å². The monoisotopic (exact) mass is 410 g/mol. The molecule has 0 spiro atoms. The summed E-state index contributed by atoms with van der Waals surface area (Å²) in [6.45, 7) is -0.0294. The molecule has 0 aromatic heterocycles. The summed E-state index contributed by atoms with van der Waals surface area (Å²) in [6.07, 6.45) is 1.63. The van der Waals surface area contributed by atoms with Crippen molar-refractivity contribution >= 4 is 52.3 Å². The maximum atomic E-state index is 12.2. The minimum Gasteiger partial charge on any atom is -0.458 e. The van der Waals surface area contributed by atoms with Crippen molar-refractivity contribution in [1.82, 2.24) is 0 Å². The molecule has 0 radical (unpaired) electrons. The average molecular weight is 412 g/mol. The Hall–Kier alpha value is -2.01. The van der Waals surface area contributed by atoms with E-state index in [4.69, 9.17) is 44.3 Å². The van der Waals surface area contributed by atoms with Crippen LogP contribution in [0.4, 0.5) is 0 Å². The fourth-order valence-electron chi connectivity index (χ4n) is 2.43. The van der Waals surface area contributed by atoms with E-state index >= 15 is 0 Å². The van der Waals surface area contributed by atoms with E-state index < -0.39 is 18.0 Å². The first kappa shape index (κ1) is 18.8. The van der Waals surface area contributed by atoms with E-state index in [9.17, 15) is 9.59 Å². The van der Waals surface area contributed by atoms with Crippen LogP contribution in [0.2, 0.25) is 15.1 Å². The minimum absolute atomic E-state index is 0.0294. The third kappa shape index (κ3) is 4.39. The average Bonchev–Trinajstić information content (AvgIpc) is 2.63. The molecule has 0 bridgehead atoms. The minimum atomic E-state index is -0.537. The number of hydrogen-bond acceptors (Lipinski definition) is 4. The number of benzene rings is 2. The molecular weight excluding hydrogens is 399 g/mol. The van der Waals surface area contributed by atoms with Gasteiger partial charge in [-0.25, -0.2) is 9.59 Å². The molecule has 134 valence electrons. The molecule has 1 aliphatic rings. The van der Waals surface area contributed by atoms with E-state index in [1.165, 1.54) is 0 Å². The van der Waals surface area contributed by atoms with Crippen molar-refractivity contribution in [3.8, 4) is 0 Å². The quantitative estimate of drug-likeness (QED) is 0.649. The smallest absolute Gasteiger partial charge is 0.338 e. The SMILES string of the molecule is O=C1OC(COC(=O)c2ccc(Cl)cc2)CC=C1c1ccc(Cl)c(Cl)c1. The Morgan fingerprint density at radius 3 is 2.46 bits per heavy atom. The number of rotatable bonds is 4. The van der Waals surface area contributed by atoms with E-state index in [0.717, 1.165) is 0 Å². The van der Waals surface area contributed by atoms with Gasteiger partial charge in [-0.05, 0) is 42.0 Å². The number of carbonyl (C=O) groups excluding carboxylic acids is 2. The summed E-state index contributed by atoms with van der Waals surface area (Å²) in [5.41, 5.74) is 1.41. The Balaban J connectivity index is 1.61. The molecule has 4 nitrogen and oxygen atoms in total. The second-order valence-corrected chi connectivity index (χ2v) is 6.87. The first-order chi connectivity index (χ1) is 12.4. The molecule has 0 saturated heterocycles. The predicted molar refractivity (Wildman–Crippen MR) is 101 cm³/mol. The zero-order valence-corrected chi connectivity index (χ0v) is 15.6. The highest BCUT2D eigenvalue weighted by Gasteiger charge is 2.25. The maximum Gasteiger partial charge on any atom is 0.338 e. The molecule has 1 heterocycles. The van der Waals surface area contributed by atoms with Gasteiger partial charge in [0.2, 0.25) is 0 Å². The van der Waals surface area contributed by atoms with Gasteiger partial charge in [-0.15, -0.1) is 0 Å². The van der Waals surface area contributed by atoms with Crippen molar-refractivity contribution < 1.29 is 19.1 Å². The van der Waals surface area contributed by atoms with Gasteiger partial charge in [-0.2, -0.15) is 0 Å². The lowest BCUT2D eigenvalue weighted by Crippen LogP contribution is -2.28. The summed E-state index contributed by atoms with van der Waals surface area (Å²) >= 11 is 17.7. The lowest BCUT2D eigenvalue weighted by Gasteiger charge is -2.22. The van der Waals surface area contributed by atoms with E-state index in [1.54, 1.807) is 48.5 Å². The van der Waals surface area contributed by atoms with E-state index in [2.05, 4.69) is 0 Å². The molecule has 26 heavy (non-hydrogen) atoms. The van der Waals surface area contributed by atoms with Gasteiger partial charge in [0.1, 0.15) is 12.7 Å². The number of cyclic esters (lactones) is 1. The van der Waals surface area contributed by atoms with E-state index in [1.807, 2.05) is 0 Å². The molecule has 7 heteroatoms. The molecule has 0 aliphatic carbocycles. The van der Waals surface area contributed by atoms with Gasteiger partial charge >= 0.3 is 11.9 Å². The van der Waals surface area contributed by atoms with Crippen molar-refractivity contribution in [3.05, 3.63) is 74.7 Å². The van der Waals surface area contributed by atoms with Crippen LogP contribution in [0.25, 0.3) is 5.57 Å². The summed E-state index contributed by atoms with van der Waals surface area (Å²) in [4.78, 5) is 24.2. The molecule has 3 rings (SSSR count). The summed E-state index contributed by atoms with van der Waals surface area (Å²) in [5.74, 6) is -1.00. The summed E-state index contributed by atoms with van der Waals surface area (Å²) in [5, 5.41) is 1.30. The first-order valence-corrected chi connectivity index (χ1v) is 8.86. The zero-order valence-electron chi connectivity index (χ0n) is 13.4. The van der Waals surface area contributed by atoms with Crippen LogP contribution in [0.1, 0.15) is 22.3 Å².